The molecule has 214 valence electrons. The number of methoxy groups -OCH3 is 1. The third-order valence-corrected chi connectivity index (χ3v) is 6.52. The number of terminal acetylenes is 1. The van der Waals surface area contributed by atoms with Crippen LogP contribution in [0, 0.1) is 29.8 Å². The van der Waals surface area contributed by atoms with Crippen LogP contribution in [0.4, 0.5) is 13.2 Å². The molecule has 1 aromatic rings. The molecule has 0 saturated heterocycles. The molecular weight excluding hydrogens is 509 g/mol. The van der Waals surface area contributed by atoms with Gasteiger partial charge in [0.2, 0.25) is 6.41 Å². The second kappa shape index (κ2) is 17.3. The Balaban J connectivity index is 2.73. The third-order valence-electron chi connectivity index (χ3n) is 6.52. The van der Waals surface area contributed by atoms with Crippen LogP contribution in [-0.4, -0.2) is 73.2 Å². The summed E-state index contributed by atoms with van der Waals surface area (Å²) in [6, 6.07) is 2.13. The molecule has 0 aliphatic heterocycles. The number of hydrogen-bond donors (Lipinski definition) is 1. The highest BCUT2D eigenvalue weighted by molar-refractivity contribution is 5.88. The van der Waals surface area contributed by atoms with E-state index in [4.69, 9.17) is 11.2 Å². The van der Waals surface area contributed by atoms with Crippen molar-refractivity contribution in [3.63, 3.8) is 0 Å². The summed E-state index contributed by atoms with van der Waals surface area (Å²) in [5.41, 5.74) is 2.20. The summed E-state index contributed by atoms with van der Waals surface area (Å²) >= 11 is 0. The molecule has 1 unspecified atom stereocenters. The SMILES string of the molecule is C#CC/C(C(=O)O)=C(C)\C=C(/C)CCN(C=O)CC(CCN(CC)C/C=C(/C)c1ccc(F)c(F)c1F)OC. The first-order chi connectivity index (χ1) is 18.5. The van der Waals surface area contributed by atoms with Crippen LogP contribution in [0.2, 0.25) is 0 Å². The minimum Gasteiger partial charge on any atom is -0.478 e. The maximum atomic E-state index is 14.1. The Bertz CT molecular complexity index is 1120. The van der Waals surface area contributed by atoms with Crippen molar-refractivity contribution in [3.8, 4) is 12.3 Å². The average molecular weight is 549 g/mol. The summed E-state index contributed by atoms with van der Waals surface area (Å²) < 4.78 is 46.5. The van der Waals surface area contributed by atoms with Crippen molar-refractivity contribution in [2.24, 2.45) is 0 Å². The molecule has 1 aromatic carbocycles. The van der Waals surface area contributed by atoms with Gasteiger partial charge in [0.15, 0.2) is 17.5 Å². The Labute approximate surface area is 229 Å². The lowest BCUT2D eigenvalue weighted by atomic mass is 10.0. The van der Waals surface area contributed by atoms with Crippen molar-refractivity contribution in [1.29, 1.82) is 0 Å². The predicted molar refractivity (Wildman–Crippen MR) is 147 cm³/mol. The number of halogens is 3. The largest absolute Gasteiger partial charge is 0.478 e. The van der Waals surface area contributed by atoms with E-state index in [1.807, 2.05) is 13.8 Å². The second-order valence-electron chi connectivity index (χ2n) is 9.34. The highest BCUT2D eigenvalue weighted by Crippen LogP contribution is 2.22. The molecule has 0 fully saturated rings. The van der Waals surface area contributed by atoms with Gasteiger partial charge in [-0.25, -0.2) is 18.0 Å². The number of carbonyl (C=O) groups excluding carboxylic acids is 1. The number of allylic oxidation sites excluding steroid dienone is 3. The molecule has 1 rings (SSSR count). The predicted octanol–water partition coefficient (Wildman–Crippen LogP) is 5.45. The quantitative estimate of drug-likeness (QED) is 0.0922. The monoisotopic (exact) mass is 548 g/mol. The van der Waals surface area contributed by atoms with Crippen LogP contribution in [0.15, 0.2) is 41.0 Å². The molecule has 0 aliphatic carbocycles. The summed E-state index contributed by atoms with van der Waals surface area (Å²) in [5.74, 6) is -2.60. The zero-order valence-electron chi connectivity index (χ0n) is 23.4. The zero-order valence-corrected chi connectivity index (χ0v) is 23.4. The van der Waals surface area contributed by atoms with E-state index in [9.17, 15) is 27.9 Å². The first-order valence-corrected chi connectivity index (χ1v) is 12.8. The number of benzene rings is 1. The van der Waals surface area contributed by atoms with Crippen molar-refractivity contribution < 1.29 is 32.6 Å². The topological polar surface area (TPSA) is 70.1 Å². The fourth-order valence-corrected chi connectivity index (χ4v) is 3.98. The second-order valence-corrected chi connectivity index (χ2v) is 9.34. The van der Waals surface area contributed by atoms with E-state index in [1.54, 1.807) is 38.0 Å². The molecule has 1 N–H and O–H groups in total. The lowest BCUT2D eigenvalue weighted by Crippen LogP contribution is -2.36. The van der Waals surface area contributed by atoms with E-state index >= 15 is 0 Å². The molecule has 1 atom stereocenters. The number of carbonyl (C=O) groups is 2. The van der Waals surface area contributed by atoms with E-state index in [2.05, 4.69) is 10.8 Å². The molecule has 0 aliphatic rings. The van der Waals surface area contributed by atoms with Crippen LogP contribution >= 0.6 is 0 Å². The highest BCUT2D eigenvalue weighted by Gasteiger charge is 2.16. The number of rotatable bonds is 17. The minimum atomic E-state index is -1.48. The summed E-state index contributed by atoms with van der Waals surface area (Å²) in [6.45, 7) is 9.84. The normalized spacial score (nSPS) is 13.6. The number of hydrogen-bond acceptors (Lipinski definition) is 4. The number of amides is 1. The fraction of sp³-hybridized carbons (Fsp3) is 0.467. The molecule has 9 heteroatoms. The van der Waals surface area contributed by atoms with Crippen LogP contribution in [0.5, 0.6) is 0 Å². The maximum absolute atomic E-state index is 14.1. The van der Waals surface area contributed by atoms with E-state index in [1.165, 1.54) is 6.07 Å². The fourth-order valence-electron chi connectivity index (χ4n) is 3.98. The molecule has 0 radical (unpaired) electrons. The van der Waals surface area contributed by atoms with Crippen LogP contribution in [-0.2, 0) is 14.3 Å². The standard InChI is InChI=1S/C30H39F3N2O4/c1-7-9-26(30(37)38)23(5)18-21(3)12-15-35(20-36)19-24(39-6)14-17-34(8-2)16-13-22(4)25-10-11-27(31)29(33)28(25)32/h1,10-11,13,18,20,24H,8-9,12,14-17,19H2,2-6H3,(H,37,38)/b21-18+,22-13-,26-23+. The molecule has 0 spiro atoms. The molecule has 1 amide bonds. The van der Waals surface area contributed by atoms with Gasteiger partial charge in [-0.2, -0.15) is 0 Å². The van der Waals surface area contributed by atoms with E-state index in [0.29, 0.717) is 56.7 Å². The summed E-state index contributed by atoms with van der Waals surface area (Å²) in [5, 5.41) is 9.32. The van der Waals surface area contributed by atoms with Gasteiger partial charge in [-0.3, -0.25) is 9.69 Å². The lowest BCUT2D eigenvalue weighted by molar-refractivity contribution is -0.132. The molecule has 0 aromatic heterocycles. The van der Waals surface area contributed by atoms with Gasteiger partial charge >= 0.3 is 5.97 Å². The highest BCUT2D eigenvalue weighted by atomic mass is 19.2. The van der Waals surface area contributed by atoms with Crippen molar-refractivity contribution in [2.45, 2.75) is 53.1 Å². The van der Waals surface area contributed by atoms with Crippen LogP contribution in [0.1, 0.15) is 52.5 Å². The van der Waals surface area contributed by atoms with E-state index < -0.39 is 23.4 Å². The number of ether oxygens (including phenoxy) is 1. The Morgan fingerprint density at radius 3 is 2.44 bits per heavy atom. The Morgan fingerprint density at radius 2 is 1.87 bits per heavy atom. The zero-order chi connectivity index (χ0) is 29.5. The summed E-state index contributed by atoms with van der Waals surface area (Å²) in [6.07, 6.45) is 10.6. The van der Waals surface area contributed by atoms with Gasteiger partial charge < -0.3 is 14.7 Å². The van der Waals surface area contributed by atoms with Gasteiger partial charge in [0.1, 0.15) is 0 Å². The molecule has 0 heterocycles. The van der Waals surface area contributed by atoms with Gasteiger partial charge in [0.25, 0.3) is 0 Å². The number of nitrogens with zero attached hydrogens (tertiary/aromatic N) is 2. The van der Waals surface area contributed by atoms with E-state index in [-0.39, 0.29) is 23.7 Å². The number of aliphatic carboxylic acids is 1. The first-order valence-electron chi connectivity index (χ1n) is 12.8. The summed E-state index contributed by atoms with van der Waals surface area (Å²) in [7, 11) is 1.58. The number of carboxylic acids is 1. The van der Waals surface area contributed by atoms with Crippen molar-refractivity contribution >= 4 is 18.0 Å². The van der Waals surface area contributed by atoms with Crippen molar-refractivity contribution in [1.82, 2.24) is 9.80 Å². The molecule has 0 saturated carbocycles. The van der Waals surface area contributed by atoms with Crippen LogP contribution < -0.4 is 0 Å². The number of carboxylic acid groups (broad SMARTS) is 1. The minimum absolute atomic E-state index is 0.0200. The Kier molecular flexibility index (Phi) is 14.9. The Morgan fingerprint density at radius 1 is 1.18 bits per heavy atom. The van der Waals surface area contributed by atoms with Crippen LogP contribution in [0.3, 0.4) is 0 Å². The lowest BCUT2D eigenvalue weighted by Gasteiger charge is -2.26. The molecular formula is C30H39F3N2O4. The third kappa shape index (κ3) is 11.1. The molecule has 0 bridgehead atoms. The van der Waals surface area contributed by atoms with Crippen LogP contribution in [0.25, 0.3) is 5.57 Å². The van der Waals surface area contributed by atoms with Crippen molar-refractivity contribution in [3.05, 3.63) is 64.0 Å². The average Bonchev–Trinajstić information content (AvgIpc) is 2.90. The molecule has 6 nitrogen and oxygen atoms in total. The smallest absolute Gasteiger partial charge is 0.332 e. The maximum Gasteiger partial charge on any atom is 0.332 e. The Hall–Kier alpha value is -3.35. The van der Waals surface area contributed by atoms with E-state index in [0.717, 1.165) is 18.0 Å². The van der Waals surface area contributed by atoms with Gasteiger partial charge in [0, 0.05) is 45.3 Å². The van der Waals surface area contributed by atoms with Gasteiger partial charge in [-0.15, -0.1) is 12.3 Å². The van der Waals surface area contributed by atoms with Crippen molar-refractivity contribution in [2.75, 3.05) is 39.8 Å². The first kappa shape index (κ1) is 33.7. The summed E-state index contributed by atoms with van der Waals surface area (Å²) in [4.78, 5) is 26.8. The van der Waals surface area contributed by atoms with Gasteiger partial charge in [0.05, 0.1) is 11.7 Å². The van der Waals surface area contributed by atoms with Gasteiger partial charge in [-0.1, -0.05) is 24.6 Å². The van der Waals surface area contributed by atoms with Gasteiger partial charge in [-0.05, 0) is 63.4 Å². The molecule has 39 heavy (non-hydrogen) atoms. The number of likely N-dealkylation sites (N-methyl/N-ethyl adjacent to an activating group) is 1.